The maximum atomic E-state index is 4.25. The molecule has 3 heteroatoms. The highest BCUT2D eigenvalue weighted by atomic mass is 79.9. The minimum absolute atomic E-state index is 0.976. The van der Waals surface area contributed by atoms with Crippen LogP contribution in [0.4, 0.5) is 0 Å². The van der Waals surface area contributed by atoms with Gasteiger partial charge in [0.05, 0.1) is 11.9 Å². The fourth-order valence-electron chi connectivity index (χ4n) is 1.51. The zero-order valence-electron chi connectivity index (χ0n) is 8.16. The Bertz CT molecular complexity index is 460. The molecule has 0 unspecified atom stereocenters. The quantitative estimate of drug-likeness (QED) is 0.760. The van der Waals surface area contributed by atoms with Crippen LogP contribution in [0.1, 0.15) is 11.1 Å². The lowest BCUT2D eigenvalue weighted by Crippen LogP contribution is -1.99. The highest BCUT2D eigenvalue weighted by Crippen LogP contribution is 2.19. The highest BCUT2D eigenvalue weighted by molar-refractivity contribution is 9.10. The van der Waals surface area contributed by atoms with Gasteiger partial charge < -0.3 is 0 Å². The Kier molecular flexibility index (Phi) is 2.42. The maximum absolute atomic E-state index is 4.25. The van der Waals surface area contributed by atoms with Gasteiger partial charge in [0.15, 0.2) is 0 Å². The van der Waals surface area contributed by atoms with Crippen LogP contribution < -0.4 is 0 Å². The fraction of sp³-hybridized carbons (Fsp3) is 0.182. The average Bonchev–Trinajstić information content (AvgIpc) is 2.52. The van der Waals surface area contributed by atoms with Gasteiger partial charge in [-0.2, -0.15) is 5.10 Å². The van der Waals surface area contributed by atoms with Crippen molar-refractivity contribution >= 4 is 15.9 Å². The summed E-state index contributed by atoms with van der Waals surface area (Å²) in [6, 6.07) is 8.27. The van der Waals surface area contributed by atoms with E-state index < -0.39 is 0 Å². The average molecular weight is 251 g/mol. The normalized spacial score (nSPS) is 10.5. The van der Waals surface area contributed by atoms with Gasteiger partial charge in [-0.15, -0.1) is 0 Å². The van der Waals surface area contributed by atoms with Gasteiger partial charge in [-0.25, -0.2) is 4.68 Å². The molecule has 1 aromatic carbocycles. The lowest BCUT2D eigenvalue weighted by atomic mass is 10.1. The molecule has 0 radical (unpaired) electrons. The Balaban J connectivity index is 2.58. The van der Waals surface area contributed by atoms with Crippen LogP contribution in [-0.2, 0) is 0 Å². The topological polar surface area (TPSA) is 17.8 Å². The summed E-state index contributed by atoms with van der Waals surface area (Å²) in [6.45, 7) is 4.19. The summed E-state index contributed by atoms with van der Waals surface area (Å²) in [4.78, 5) is 0. The largest absolute Gasteiger partial charge is 0.226 e. The van der Waals surface area contributed by atoms with E-state index in [0.29, 0.717) is 0 Å². The van der Waals surface area contributed by atoms with Gasteiger partial charge in [-0.05, 0) is 47.5 Å². The van der Waals surface area contributed by atoms with Crippen LogP contribution in [0.3, 0.4) is 0 Å². The van der Waals surface area contributed by atoms with Crippen molar-refractivity contribution in [2.24, 2.45) is 0 Å². The van der Waals surface area contributed by atoms with Gasteiger partial charge in [0.25, 0.3) is 0 Å². The molecule has 0 spiro atoms. The van der Waals surface area contributed by atoms with E-state index in [2.05, 4.69) is 53.1 Å². The molecule has 2 aromatic rings. The van der Waals surface area contributed by atoms with Crippen molar-refractivity contribution in [2.45, 2.75) is 13.8 Å². The second kappa shape index (κ2) is 3.58. The summed E-state index contributed by atoms with van der Waals surface area (Å²) in [5.41, 5.74) is 3.62. The Morgan fingerprint density at radius 1 is 1.21 bits per heavy atom. The molecule has 0 N–H and O–H groups in total. The van der Waals surface area contributed by atoms with Gasteiger partial charge >= 0.3 is 0 Å². The second-order valence-electron chi connectivity index (χ2n) is 3.36. The predicted molar refractivity (Wildman–Crippen MR) is 60.7 cm³/mol. The van der Waals surface area contributed by atoms with Gasteiger partial charge in [-0.3, -0.25) is 0 Å². The van der Waals surface area contributed by atoms with Crippen molar-refractivity contribution in [2.75, 3.05) is 0 Å². The lowest BCUT2D eigenvalue weighted by molar-refractivity contribution is 0.853. The summed E-state index contributed by atoms with van der Waals surface area (Å²) in [5.74, 6) is 0. The van der Waals surface area contributed by atoms with E-state index >= 15 is 0 Å². The molecule has 14 heavy (non-hydrogen) atoms. The number of hydrogen-bond acceptors (Lipinski definition) is 1. The van der Waals surface area contributed by atoms with Crippen LogP contribution in [0.2, 0.25) is 0 Å². The van der Waals surface area contributed by atoms with E-state index in [1.807, 2.05) is 10.7 Å². The molecule has 0 aliphatic heterocycles. The molecule has 1 aromatic heterocycles. The SMILES string of the molecule is Cc1ccc(-n2nccc2Br)c(C)c1. The van der Waals surface area contributed by atoms with Gasteiger partial charge in [0.1, 0.15) is 4.60 Å². The minimum atomic E-state index is 0.976. The summed E-state index contributed by atoms with van der Waals surface area (Å²) >= 11 is 3.46. The molecular formula is C11H11BrN2. The summed E-state index contributed by atoms with van der Waals surface area (Å²) < 4.78 is 2.86. The Morgan fingerprint density at radius 3 is 2.57 bits per heavy atom. The first-order valence-electron chi connectivity index (χ1n) is 4.45. The van der Waals surface area contributed by atoms with E-state index in [1.54, 1.807) is 6.20 Å². The Morgan fingerprint density at radius 2 is 2.00 bits per heavy atom. The Hall–Kier alpha value is -1.09. The zero-order chi connectivity index (χ0) is 10.1. The van der Waals surface area contributed by atoms with Gasteiger partial charge in [-0.1, -0.05) is 17.7 Å². The molecule has 1 heterocycles. The monoisotopic (exact) mass is 250 g/mol. The van der Waals surface area contributed by atoms with Crippen LogP contribution in [0, 0.1) is 13.8 Å². The number of hydrogen-bond donors (Lipinski definition) is 0. The standard InChI is InChI=1S/C11H11BrN2/c1-8-3-4-10(9(2)7-8)14-11(12)5-6-13-14/h3-7H,1-2H3. The summed E-state index contributed by atoms with van der Waals surface area (Å²) in [5, 5.41) is 4.25. The number of rotatable bonds is 1. The zero-order valence-corrected chi connectivity index (χ0v) is 9.75. The fourth-order valence-corrected chi connectivity index (χ4v) is 1.91. The molecular weight excluding hydrogens is 240 g/mol. The van der Waals surface area contributed by atoms with Crippen molar-refractivity contribution in [1.29, 1.82) is 0 Å². The smallest absolute Gasteiger partial charge is 0.109 e. The highest BCUT2D eigenvalue weighted by Gasteiger charge is 2.04. The lowest BCUT2D eigenvalue weighted by Gasteiger charge is -2.07. The Labute approximate surface area is 91.7 Å². The van der Waals surface area contributed by atoms with Crippen molar-refractivity contribution in [3.63, 3.8) is 0 Å². The molecule has 0 saturated heterocycles. The van der Waals surface area contributed by atoms with E-state index in [0.717, 1.165) is 10.3 Å². The first-order valence-corrected chi connectivity index (χ1v) is 5.25. The number of aromatic nitrogens is 2. The van der Waals surface area contributed by atoms with Crippen LogP contribution in [0.15, 0.2) is 35.1 Å². The number of nitrogens with zero attached hydrogens (tertiary/aromatic N) is 2. The molecule has 0 bridgehead atoms. The molecule has 72 valence electrons. The van der Waals surface area contributed by atoms with Gasteiger partial charge in [0, 0.05) is 0 Å². The van der Waals surface area contributed by atoms with Gasteiger partial charge in [0.2, 0.25) is 0 Å². The van der Waals surface area contributed by atoms with Crippen LogP contribution in [-0.4, -0.2) is 9.78 Å². The van der Waals surface area contributed by atoms with Crippen LogP contribution >= 0.6 is 15.9 Å². The molecule has 2 rings (SSSR count). The van der Waals surface area contributed by atoms with E-state index in [9.17, 15) is 0 Å². The predicted octanol–water partition coefficient (Wildman–Crippen LogP) is 3.25. The van der Waals surface area contributed by atoms with E-state index in [4.69, 9.17) is 0 Å². The summed E-state index contributed by atoms with van der Waals surface area (Å²) in [6.07, 6.45) is 1.78. The van der Waals surface area contributed by atoms with E-state index in [-0.39, 0.29) is 0 Å². The molecule has 0 amide bonds. The minimum Gasteiger partial charge on any atom is -0.226 e. The molecule has 0 aliphatic rings. The third-order valence-electron chi connectivity index (χ3n) is 2.18. The van der Waals surface area contributed by atoms with Crippen LogP contribution in [0.5, 0.6) is 0 Å². The molecule has 0 aliphatic carbocycles. The number of aryl methyl sites for hydroxylation is 2. The molecule has 0 atom stereocenters. The van der Waals surface area contributed by atoms with Crippen molar-refractivity contribution in [1.82, 2.24) is 9.78 Å². The van der Waals surface area contributed by atoms with Crippen LogP contribution in [0.25, 0.3) is 5.69 Å². The molecule has 0 fully saturated rings. The first-order chi connectivity index (χ1) is 6.68. The number of benzene rings is 1. The number of halogens is 1. The van der Waals surface area contributed by atoms with Crippen molar-refractivity contribution in [3.8, 4) is 5.69 Å². The molecule has 2 nitrogen and oxygen atoms in total. The molecule has 0 saturated carbocycles. The van der Waals surface area contributed by atoms with Crippen molar-refractivity contribution in [3.05, 3.63) is 46.2 Å². The summed E-state index contributed by atoms with van der Waals surface area (Å²) in [7, 11) is 0. The van der Waals surface area contributed by atoms with E-state index in [1.165, 1.54) is 11.1 Å². The third kappa shape index (κ3) is 1.60. The first kappa shape index (κ1) is 9.46. The second-order valence-corrected chi connectivity index (χ2v) is 4.17. The van der Waals surface area contributed by atoms with Crippen molar-refractivity contribution < 1.29 is 0 Å². The third-order valence-corrected chi connectivity index (χ3v) is 2.78. The maximum Gasteiger partial charge on any atom is 0.109 e.